The fourth-order valence-corrected chi connectivity index (χ4v) is 2.20. The van der Waals surface area contributed by atoms with Gasteiger partial charge in [-0.3, -0.25) is 10.1 Å². The molecule has 24 heavy (non-hydrogen) atoms. The van der Waals surface area contributed by atoms with E-state index in [0.717, 1.165) is 11.1 Å². The predicted molar refractivity (Wildman–Crippen MR) is 86.5 cm³/mol. The van der Waals surface area contributed by atoms with E-state index in [9.17, 15) is 14.9 Å². The zero-order valence-corrected chi connectivity index (χ0v) is 13.6. The fraction of sp³-hybridized carbons (Fsp3) is 0.235. The zero-order valence-electron chi connectivity index (χ0n) is 13.6. The first-order chi connectivity index (χ1) is 11.5. The molecule has 0 atom stereocenters. The molecule has 0 radical (unpaired) electrons. The third-order valence-corrected chi connectivity index (χ3v) is 3.52. The Hall–Kier alpha value is -3.09. The number of nitro groups is 1. The summed E-state index contributed by atoms with van der Waals surface area (Å²) in [6, 6.07) is 9.15. The van der Waals surface area contributed by atoms with Crippen LogP contribution in [-0.2, 0) is 11.3 Å². The van der Waals surface area contributed by atoms with Crippen LogP contribution in [0.15, 0.2) is 36.4 Å². The Labute approximate surface area is 138 Å². The third-order valence-electron chi connectivity index (χ3n) is 3.52. The Morgan fingerprint density at radius 1 is 1.12 bits per heavy atom. The van der Waals surface area contributed by atoms with Crippen molar-refractivity contribution in [1.29, 1.82) is 0 Å². The van der Waals surface area contributed by atoms with E-state index in [0.29, 0.717) is 11.5 Å². The first-order valence-electron chi connectivity index (χ1n) is 7.10. The summed E-state index contributed by atoms with van der Waals surface area (Å²) in [5, 5.41) is 11.0. The predicted octanol–water partition coefficient (Wildman–Crippen LogP) is 3.28. The van der Waals surface area contributed by atoms with Crippen LogP contribution in [-0.4, -0.2) is 25.1 Å². The molecule has 0 aromatic heterocycles. The van der Waals surface area contributed by atoms with Gasteiger partial charge in [0.05, 0.1) is 19.1 Å². The molecule has 0 unspecified atom stereocenters. The number of nitro benzene ring substituents is 1. The molecule has 0 aliphatic carbocycles. The second-order valence-electron chi connectivity index (χ2n) is 4.98. The molecule has 126 valence electrons. The Balaban J connectivity index is 2.20. The molecule has 0 bridgehead atoms. The first-order valence-corrected chi connectivity index (χ1v) is 7.10. The molecule has 0 aliphatic heterocycles. The highest BCUT2D eigenvalue weighted by atomic mass is 16.6. The van der Waals surface area contributed by atoms with Crippen LogP contribution in [0.3, 0.4) is 0 Å². The van der Waals surface area contributed by atoms with Crippen molar-refractivity contribution in [3.05, 3.63) is 63.2 Å². The zero-order chi connectivity index (χ0) is 17.7. The molecular weight excluding hydrogens is 314 g/mol. The van der Waals surface area contributed by atoms with Crippen molar-refractivity contribution in [2.24, 2.45) is 0 Å². The van der Waals surface area contributed by atoms with E-state index in [1.54, 1.807) is 18.2 Å². The SMILES string of the molecule is COc1cc(C)c(COC(=O)c2ccccc2[N+](=O)[O-])cc1OC. The van der Waals surface area contributed by atoms with Crippen molar-refractivity contribution in [2.75, 3.05) is 14.2 Å². The fourth-order valence-electron chi connectivity index (χ4n) is 2.20. The lowest BCUT2D eigenvalue weighted by Gasteiger charge is -2.13. The topological polar surface area (TPSA) is 87.9 Å². The summed E-state index contributed by atoms with van der Waals surface area (Å²) < 4.78 is 15.6. The molecule has 7 nitrogen and oxygen atoms in total. The Morgan fingerprint density at radius 2 is 1.75 bits per heavy atom. The Kier molecular flexibility index (Phi) is 5.36. The minimum atomic E-state index is -0.753. The number of benzene rings is 2. The van der Waals surface area contributed by atoms with E-state index in [2.05, 4.69) is 0 Å². The lowest BCUT2D eigenvalue weighted by molar-refractivity contribution is -0.385. The lowest BCUT2D eigenvalue weighted by Crippen LogP contribution is -2.09. The van der Waals surface area contributed by atoms with Crippen molar-refractivity contribution in [3.8, 4) is 11.5 Å². The normalized spacial score (nSPS) is 10.1. The number of nitrogens with zero attached hydrogens (tertiary/aromatic N) is 1. The van der Waals surface area contributed by atoms with Gasteiger partial charge in [0, 0.05) is 6.07 Å². The summed E-state index contributed by atoms with van der Waals surface area (Å²) in [6.45, 7) is 1.81. The molecule has 0 aliphatic rings. The molecule has 0 amide bonds. The monoisotopic (exact) mass is 331 g/mol. The van der Waals surface area contributed by atoms with E-state index in [1.165, 1.54) is 32.4 Å². The molecule has 0 N–H and O–H groups in total. The van der Waals surface area contributed by atoms with Gasteiger partial charge in [0.15, 0.2) is 11.5 Å². The number of hydrogen-bond acceptors (Lipinski definition) is 6. The number of carbonyl (C=O) groups excluding carboxylic acids is 1. The van der Waals surface area contributed by atoms with Gasteiger partial charge in [0.2, 0.25) is 0 Å². The minimum absolute atomic E-state index is 0.0307. The molecule has 0 saturated carbocycles. The highest BCUT2D eigenvalue weighted by molar-refractivity contribution is 5.93. The summed E-state index contributed by atoms with van der Waals surface area (Å²) in [5.74, 6) is 0.333. The average molecular weight is 331 g/mol. The summed E-state index contributed by atoms with van der Waals surface area (Å²) in [7, 11) is 3.04. The Bertz CT molecular complexity index is 772. The molecule has 2 rings (SSSR count). The summed E-state index contributed by atoms with van der Waals surface area (Å²) >= 11 is 0. The molecule has 0 fully saturated rings. The smallest absolute Gasteiger partial charge is 0.345 e. The number of esters is 1. The van der Waals surface area contributed by atoms with E-state index < -0.39 is 10.9 Å². The van der Waals surface area contributed by atoms with Crippen molar-refractivity contribution < 1.29 is 23.9 Å². The van der Waals surface area contributed by atoms with E-state index in [4.69, 9.17) is 14.2 Å². The highest BCUT2D eigenvalue weighted by Crippen LogP contribution is 2.30. The van der Waals surface area contributed by atoms with Crippen LogP contribution in [0.25, 0.3) is 0 Å². The van der Waals surface area contributed by atoms with Gasteiger partial charge in [-0.1, -0.05) is 12.1 Å². The van der Waals surface area contributed by atoms with Crippen molar-refractivity contribution in [2.45, 2.75) is 13.5 Å². The molecule has 0 spiro atoms. The molecule has 0 saturated heterocycles. The van der Waals surface area contributed by atoms with Gasteiger partial charge in [0.1, 0.15) is 12.2 Å². The Morgan fingerprint density at radius 3 is 2.38 bits per heavy atom. The summed E-state index contributed by atoms with van der Waals surface area (Å²) in [6.07, 6.45) is 0. The van der Waals surface area contributed by atoms with Crippen LogP contribution in [0.2, 0.25) is 0 Å². The van der Waals surface area contributed by atoms with Gasteiger partial charge in [0.25, 0.3) is 5.69 Å². The van der Waals surface area contributed by atoms with Crippen LogP contribution in [0, 0.1) is 17.0 Å². The molecular formula is C17H17NO6. The standard InChI is InChI=1S/C17H17NO6/c1-11-8-15(22-2)16(23-3)9-12(11)10-24-17(19)13-6-4-5-7-14(13)18(20)21/h4-9H,10H2,1-3H3. The number of para-hydroxylation sites is 1. The van der Waals surface area contributed by atoms with Crippen LogP contribution in [0.4, 0.5) is 5.69 Å². The number of hydrogen-bond donors (Lipinski definition) is 0. The van der Waals surface area contributed by atoms with Crippen LogP contribution < -0.4 is 9.47 Å². The maximum atomic E-state index is 12.1. The van der Waals surface area contributed by atoms with Crippen LogP contribution >= 0.6 is 0 Å². The molecule has 7 heteroatoms. The number of carbonyl (C=O) groups is 1. The van der Waals surface area contributed by atoms with E-state index in [-0.39, 0.29) is 17.9 Å². The van der Waals surface area contributed by atoms with Crippen LogP contribution in [0.5, 0.6) is 11.5 Å². The van der Waals surface area contributed by atoms with Gasteiger partial charge >= 0.3 is 5.97 Å². The quantitative estimate of drug-likeness (QED) is 0.458. The van der Waals surface area contributed by atoms with Gasteiger partial charge in [-0.15, -0.1) is 0 Å². The third kappa shape index (κ3) is 3.62. The van der Waals surface area contributed by atoms with E-state index in [1.807, 2.05) is 6.92 Å². The number of ether oxygens (including phenoxy) is 3. The first kappa shape index (κ1) is 17.3. The van der Waals surface area contributed by atoms with Crippen molar-refractivity contribution in [3.63, 3.8) is 0 Å². The maximum absolute atomic E-state index is 12.1. The van der Waals surface area contributed by atoms with Crippen molar-refractivity contribution in [1.82, 2.24) is 0 Å². The second-order valence-corrected chi connectivity index (χ2v) is 4.98. The number of rotatable bonds is 6. The molecule has 2 aromatic rings. The van der Waals surface area contributed by atoms with Crippen LogP contribution in [0.1, 0.15) is 21.5 Å². The largest absolute Gasteiger partial charge is 0.493 e. The molecule has 2 aromatic carbocycles. The van der Waals surface area contributed by atoms with E-state index >= 15 is 0 Å². The minimum Gasteiger partial charge on any atom is -0.493 e. The summed E-state index contributed by atoms with van der Waals surface area (Å²) in [5.41, 5.74) is 1.20. The van der Waals surface area contributed by atoms with Gasteiger partial charge < -0.3 is 14.2 Å². The van der Waals surface area contributed by atoms with Gasteiger partial charge in [-0.05, 0) is 36.2 Å². The number of methoxy groups -OCH3 is 2. The summed E-state index contributed by atoms with van der Waals surface area (Å²) in [4.78, 5) is 22.5. The van der Waals surface area contributed by atoms with Gasteiger partial charge in [-0.25, -0.2) is 4.79 Å². The van der Waals surface area contributed by atoms with Gasteiger partial charge in [-0.2, -0.15) is 0 Å². The number of aryl methyl sites for hydroxylation is 1. The van der Waals surface area contributed by atoms with Crippen molar-refractivity contribution >= 4 is 11.7 Å². The highest BCUT2D eigenvalue weighted by Gasteiger charge is 2.21. The molecule has 0 heterocycles. The average Bonchev–Trinajstić information content (AvgIpc) is 2.59. The maximum Gasteiger partial charge on any atom is 0.345 e. The second kappa shape index (κ2) is 7.45. The lowest BCUT2D eigenvalue weighted by atomic mass is 10.1.